The van der Waals surface area contributed by atoms with Crippen LogP contribution in [0.25, 0.3) is 77.2 Å². The normalized spacial score (nSPS) is 14.6. The molecule has 0 N–H and O–H groups in total. The monoisotopic (exact) mass is 811 g/mol. The van der Waals surface area contributed by atoms with E-state index in [1.807, 2.05) is 0 Å². The molecule has 0 unspecified atom stereocenters. The lowest BCUT2D eigenvalue weighted by Gasteiger charge is -2.31. The summed E-state index contributed by atoms with van der Waals surface area (Å²) in [6.45, 7) is 4.72. The average Bonchev–Trinajstić information content (AvgIpc) is 3.84. The number of furan rings is 1. The molecule has 0 atom stereocenters. The van der Waals surface area contributed by atoms with E-state index < -0.39 is 0 Å². The molecular weight excluding hydrogens is 763 g/mol. The van der Waals surface area contributed by atoms with Gasteiger partial charge in [0.25, 0.3) is 0 Å². The Morgan fingerprint density at radius 3 is 1.76 bits per heavy atom. The Morgan fingerprint density at radius 1 is 0.444 bits per heavy atom. The Kier molecular flexibility index (Phi) is 8.97. The number of hydrogen-bond donors (Lipinski definition) is 0. The lowest BCUT2D eigenvalue weighted by atomic mass is 9.80. The Hall–Kier alpha value is -7.16. The fourth-order valence-electron chi connectivity index (χ4n) is 11.3. The standard InChI is InChI=1S/C61H49NO/c1-61(2)52-30-10-6-24-50(52)59-45(27-16-31-53(59)61)41-36-38-43(39-37-41)62(55-33-12-8-23-47(55)49-29-17-35-57-60(49)51-25-9-13-34-56(51)63-57)54-32-11-7-22-46(54)48-28-15-21-42-20-14-26-44(58(42)48)40-18-4-3-5-19-40/h6-17,20-40H,3-5,18-19H2,1-2H3. The Labute approximate surface area is 370 Å². The molecule has 1 fully saturated rings. The first-order valence-corrected chi connectivity index (χ1v) is 22.8. The molecule has 0 amide bonds. The van der Waals surface area contributed by atoms with Crippen LogP contribution in [0.3, 0.4) is 0 Å². The first-order valence-electron chi connectivity index (χ1n) is 22.8. The number of anilines is 3. The predicted octanol–water partition coefficient (Wildman–Crippen LogP) is 17.6. The molecule has 1 saturated carbocycles. The predicted molar refractivity (Wildman–Crippen MR) is 266 cm³/mol. The van der Waals surface area contributed by atoms with E-state index in [9.17, 15) is 0 Å². The smallest absolute Gasteiger partial charge is 0.136 e. The lowest BCUT2D eigenvalue weighted by Crippen LogP contribution is -2.14. The van der Waals surface area contributed by atoms with Crippen molar-refractivity contribution in [1.29, 1.82) is 0 Å². The van der Waals surface area contributed by atoms with Gasteiger partial charge < -0.3 is 9.32 Å². The van der Waals surface area contributed by atoms with E-state index in [-0.39, 0.29) is 5.41 Å². The van der Waals surface area contributed by atoms with Crippen LogP contribution in [0.4, 0.5) is 17.1 Å². The molecule has 1 heterocycles. The van der Waals surface area contributed by atoms with Crippen LogP contribution in [0.5, 0.6) is 0 Å². The van der Waals surface area contributed by atoms with Crippen LogP contribution < -0.4 is 4.90 Å². The van der Waals surface area contributed by atoms with Crippen LogP contribution in [0.1, 0.15) is 68.6 Å². The molecule has 1 aromatic heterocycles. The lowest BCUT2D eigenvalue weighted by molar-refractivity contribution is 0.445. The third-order valence-electron chi connectivity index (χ3n) is 14.3. The van der Waals surface area contributed by atoms with Crippen molar-refractivity contribution in [3.8, 4) is 44.5 Å². The number of nitrogens with zero attached hydrogens (tertiary/aromatic N) is 1. The SMILES string of the molecule is CC1(C)c2ccccc2-c2c(-c3ccc(N(c4ccccc4-c4cccc5cccc(C6CCCCC6)c45)c4ccccc4-c4cccc5oc6ccccc6c45)cc3)cccc21. The summed E-state index contributed by atoms with van der Waals surface area (Å²) in [4.78, 5) is 2.51. The van der Waals surface area contributed by atoms with E-state index in [2.05, 4.69) is 213 Å². The Balaban J connectivity index is 1.08. The van der Waals surface area contributed by atoms with Crippen molar-refractivity contribution in [2.75, 3.05) is 4.90 Å². The van der Waals surface area contributed by atoms with Crippen LogP contribution in [0.15, 0.2) is 199 Å². The van der Waals surface area contributed by atoms with Crippen LogP contribution in [0.2, 0.25) is 0 Å². The second-order valence-electron chi connectivity index (χ2n) is 18.2. The molecule has 2 aliphatic carbocycles. The summed E-state index contributed by atoms with van der Waals surface area (Å²) in [6.07, 6.45) is 6.44. The van der Waals surface area contributed by atoms with Gasteiger partial charge in [-0.15, -0.1) is 0 Å². The van der Waals surface area contributed by atoms with E-state index in [1.54, 1.807) is 0 Å². The second-order valence-corrected chi connectivity index (χ2v) is 18.2. The summed E-state index contributed by atoms with van der Waals surface area (Å²) < 4.78 is 6.47. The molecule has 2 nitrogen and oxygen atoms in total. The van der Waals surface area contributed by atoms with Gasteiger partial charge in [0.05, 0.1) is 11.4 Å². The minimum atomic E-state index is -0.0618. The molecule has 2 heteroatoms. The van der Waals surface area contributed by atoms with Gasteiger partial charge in [-0.3, -0.25) is 0 Å². The van der Waals surface area contributed by atoms with Crippen molar-refractivity contribution in [2.24, 2.45) is 0 Å². The zero-order valence-electron chi connectivity index (χ0n) is 35.9. The van der Waals surface area contributed by atoms with Gasteiger partial charge in [-0.25, -0.2) is 0 Å². The van der Waals surface area contributed by atoms with Crippen molar-refractivity contribution in [3.63, 3.8) is 0 Å². The molecular formula is C61H49NO. The molecule has 0 spiro atoms. The molecule has 10 aromatic rings. The van der Waals surface area contributed by atoms with Gasteiger partial charge >= 0.3 is 0 Å². The highest BCUT2D eigenvalue weighted by atomic mass is 16.3. The van der Waals surface area contributed by atoms with Gasteiger partial charge in [0.15, 0.2) is 0 Å². The summed E-state index contributed by atoms with van der Waals surface area (Å²) >= 11 is 0. The number of benzene rings is 9. The first kappa shape index (κ1) is 37.6. The third kappa shape index (κ3) is 6.07. The summed E-state index contributed by atoms with van der Waals surface area (Å²) in [5.74, 6) is 0.572. The van der Waals surface area contributed by atoms with Gasteiger partial charge in [-0.2, -0.15) is 0 Å². The van der Waals surface area contributed by atoms with Crippen molar-refractivity contribution in [3.05, 3.63) is 211 Å². The zero-order chi connectivity index (χ0) is 42.1. The van der Waals surface area contributed by atoms with E-state index in [0.717, 1.165) is 50.1 Å². The summed E-state index contributed by atoms with van der Waals surface area (Å²) in [5.41, 5.74) is 19.3. The number of rotatable bonds is 7. The summed E-state index contributed by atoms with van der Waals surface area (Å²) in [5, 5.41) is 4.95. The molecule has 2 aliphatic rings. The highest BCUT2D eigenvalue weighted by molar-refractivity contribution is 6.14. The minimum Gasteiger partial charge on any atom is -0.456 e. The molecule has 0 bridgehead atoms. The fourth-order valence-corrected chi connectivity index (χ4v) is 11.3. The van der Waals surface area contributed by atoms with E-state index in [4.69, 9.17) is 4.42 Å². The molecule has 0 saturated heterocycles. The van der Waals surface area contributed by atoms with Crippen molar-refractivity contribution in [2.45, 2.75) is 57.3 Å². The van der Waals surface area contributed by atoms with Crippen molar-refractivity contribution < 1.29 is 4.42 Å². The second kappa shape index (κ2) is 15.0. The maximum atomic E-state index is 6.47. The van der Waals surface area contributed by atoms with E-state index in [0.29, 0.717) is 5.92 Å². The average molecular weight is 812 g/mol. The highest BCUT2D eigenvalue weighted by Crippen LogP contribution is 2.53. The topological polar surface area (TPSA) is 16.4 Å². The molecule has 304 valence electrons. The van der Waals surface area contributed by atoms with Crippen LogP contribution in [0, 0.1) is 0 Å². The zero-order valence-corrected chi connectivity index (χ0v) is 35.9. The summed E-state index contributed by atoms with van der Waals surface area (Å²) in [7, 11) is 0. The van der Waals surface area contributed by atoms with Crippen molar-refractivity contribution in [1.82, 2.24) is 0 Å². The van der Waals surface area contributed by atoms with Gasteiger partial charge in [0.1, 0.15) is 11.2 Å². The van der Waals surface area contributed by atoms with Crippen molar-refractivity contribution >= 4 is 49.8 Å². The Bertz CT molecular complexity index is 3360. The quantitative estimate of drug-likeness (QED) is 0.159. The number of fused-ring (bicyclic) bond motifs is 7. The number of hydrogen-bond acceptors (Lipinski definition) is 2. The maximum Gasteiger partial charge on any atom is 0.136 e. The highest BCUT2D eigenvalue weighted by Gasteiger charge is 2.36. The molecule has 9 aromatic carbocycles. The van der Waals surface area contributed by atoms with Crippen LogP contribution in [-0.2, 0) is 5.41 Å². The molecule has 63 heavy (non-hydrogen) atoms. The third-order valence-corrected chi connectivity index (χ3v) is 14.3. The number of para-hydroxylation sites is 3. The van der Waals surface area contributed by atoms with Gasteiger partial charge in [0, 0.05) is 33.0 Å². The van der Waals surface area contributed by atoms with Gasteiger partial charge in [-0.05, 0) is 116 Å². The van der Waals surface area contributed by atoms with Gasteiger partial charge in [0.2, 0.25) is 0 Å². The Morgan fingerprint density at radius 2 is 1.00 bits per heavy atom. The van der Waals surface area contributed by atoms with Crippen LogP contribution >= 0.6 is 0 Å². The fraction of sp³-hybridized carbons (Fsp3) is 0.148. The molecule has 0 radical (unpaired) electrons. The van der Waals surface area contributed by atoms with Gasteiger partial charge in [-0.1, -0.05) is 191 Å². The summed E-state index contributed by atoms with van der Waals surface area (Å²) in [6, 6.07) is 71.9. The minimum absolute atomic E-state index is 0.0618. The largest absolute Gasteiger partial charge is 0.456 e. The first-order chi connectivity index (χ1) is 31.0. The molecule has 0 aliphatic heterocycles. The van der Waals surface area contributed by atoms with E-state index >= 15 is 0 Å². The van der Waals surface area contributed by atoms with E-state index in [1.165, 1.54) is 92.9 Å². The molecule has 12 rings (SSSR count). The van der Waals surface area contributed by atoms with Crippen LogP contribution in [-0.4, -0.2) is 0 Å². The maximum absolute atomic E-state index is 6.47.